The number of carbonyl (C=O) groups is 2. The normalized spacial score (nSPS) is 19.6. The predicted molar refractivity (Wildman–Crippen MR) is 137 cm³/mol. The predicted octanol–water partition coefficient (Wildman–Crippen LogP) is 5.23. The molecule has 1 atom stereocenters. The molecule has 0 radical (unpaired) electrons. The van der Waals surface area contributed by atoms with Crippen LogP contribution in [0.5, 0.6) is 0 Å². The van der Waals surface area contributed by atoms with Gasteiger partial charge in [0.1, 0.15) is 5.69 Å². The van der Waals surface area contributed by atoms with Crippen LogP contribution in [0.3, 0.4) is 0 Å². The van der Waals surface area contributed by atoms with E-state index < -0.39 is 48.9 Å². The Bertz CT molecular complexity index is 1450. The fraction of sp³-hybridized carbons (Fsp3) is 0.593. The highest BCUT2D eigenvalue weighted by molar-refractivity contribution is 5.92. The van der Waals surface area contributed by atoms with Crippen LogP contribution >= 0.6 is 0 Å². The van der Waals surface area contributed by atoms with E-state index in [0.29, 0.717) is 16.9 Å². The topological polar surface area (TPSA) is 106 Å². The van der Waals surface area contributed by atoms with Crippen molar-refractivity contribution in [2.24, 2.45) is 11.8 Å². The first-order valence-electron chi connectivity index (χ1n) is 13.9. The summed E-state index contributed by atoms with van der Waals surface area (Å²) in [5.74, 6) is -7.33. The van der Waals surface area contributed by atoms with Crippen LogP contribution in [0.25, 0.3) is 5.65 Å². The second-order valence-electron chi connectivity index (χ2n) is 11.4. The molecule has 2 amide bonds. The summed E-state index contributed by atoms with van der Waals surface area (Å²) in [6, 6.07) is 2.11. The molecule has 3 heterocycles. The smallest absolute Gasteiger partial charge is 0.352 e. The number of halogens is 7. The van der Waals surface area contributed by atoms with E-state index in [2.05, 4.69) is 25.8 Å². The third kappa shape index (κ3) is 8.02. The average Bonchev–Trinajstić information content (AvgIpc) is 3.55. The first kappa shape index (κ1) is 30.7. The number of nitrogens with one attached hydrogen (secondary N) is 2. The molecule has 234 valence electrons. The van der Waals surface area contributed by atoms with E-state index in [-0.39, 0.29) is 69.0 Å². The van der Waals surface area contributed by atoms with Crippen molar-refractivity contribution in [3.05, 3.63) is 47.7 Å². The number of hydrogen-bond acceptors (Lipinski definition) is 5. The van der Waals surface area contributed by atoms with Crippen molar-refractivity contribution >= 4 is 17.5 Å². The maximum atomic E-state index is 13.9. The number of rotatable bonds is 10. The molecule has 2 aliphatic rings. The lowest BCUT2D eigenvalue weighted by Crippen LogP contribution is -2.38. The maximum absolute atomic E-state index is 13.9. The number of imidazole rings is 1. The number of nitrogens with zero attached hydrogens (tertiary/aromatic N) is 5. The molecule has 2 saturated carbocycles. The van der Waals surface area contributed by atoms with E-state index >= 15 is 0 Å². The van der Waals surface area contributed by atoms with E-state index in [1.54, 1.807) is 12.3 Å². The Kier molecular flexibility index (Phi) is 8.40. The minimum absolute atomic E-state index is 0.00116. The molecule has 3 aromatic heterocycles. The summed E-state index contributed by atoms with van der Waals surface area (Å²) in [5, 5.41) is 13.7. The van der Waals surface area contributed by atoms with Crippen molar-refractivity contribution in [1.29, 1.82) is 0 Å². The molecule has 2 aliphatic carbocycles. The Morgan fingerprint density at radius 3 is 2.49 bits per heavy atom. The van der Waals surface area contributed by atoms with Gasteiger partial charge in [-0.1, -0.05) is 0 Å². The van der Waals surface area contributed by atoms with Gasteiger partial charge >= 0.3 is 6.18 Å². The van der Waals surface area contributed by atoms with E-state index in [1.165, 1.54) is 23.0 Å². The summed E-state index contributed by atoms with van der Waals surface area (Å²) >= 11 is 0. The summed E-state index contributed by atoms with van der Waals surface area (Å²) in [7, 11) is 0. The molecule has 43 heavy (non-hydrogen) atoms. The van der Waals surface area contributed by atoms with Gasteiger partial charge in [-0.15, -0.1) is 0 Å². The molecule has 9 nitrogen and oxygen atoms in total. The van der Waals surface area contributed by atoms with Crippen LogP contribution in [0.2, 0.25) is 0 Å². The number of amides is 2. The fourth-order valence-corrected chi connectivity index (χ4v) is 5.54. The van der Waals surface area contributed by atoms with Crippen LogP contribution in [0, 0.1) is 11.8 Å². The lowest BCUT2D eigenvalue weighted by atomic mass is 9.79. The summed E-state index contributed by atoms with van der Waals surface area (Å²) in [6.45, 7) is -0.377. The largest absolute Gasteiger partial charge is 0.390 e. The Morgan fingerprint density at radius 2 is 1.81 bits per heavy atom. The number of hydrogen-bond donors (Lipinski definition) is 2. The highest BCUT2D eigenvalue weighted by Gasteiger charge is 2.45. The average molecular weight is 618 g/mol. The summed E-state index contributed by atoms with van der Waals surface area (Å²) < 4.78 is 94.1. The van der Waals surface area contributed by atoms with Gasteiger partial charge in [0.05, 0.1) is 30.6 Å². The Morgan fingerprint density at radius 1 is 1.09 bits per heavy atom. The zero-order valence-corrected chi connectivity index (χ0v) is 22.9. The van der Waals surface area contributed by atoms with E-state index in [9.17, 15) is 40.3 Å². The van der Waals surface area contributed by atoms with Gasteiger partial charge in [-0.25, -0.2) is 27.1 Å². The molecular weight excluding hydrogens is 587 g/mol. The number of alkyl halides is 7. The van der Waals surface area contributed by atoms with Gasteiger partial charge in [0.15, 0.2) is 5.65 Å². The number of carbonyl (C=O) groups excluding carboxylic acids is 2. The quantitative estimate of drug-likeness (QED) is 0.304. The second kappa shape index (κ2) is 11.8. The zero-order valence-electron chi connectivity index (χ0n) is 22.9. The standard InChI is InChI=1S/C27H30F7N7O2/c28-25(29)4-1-18(2-5-25)23(38-24(43)19-3-7-40(39-19)8-6-27(32,33)34)20-15-41-21(37-20)9-17(14-36-41)13-35-22(42)10-16-11-26(30,31)12-16/h3,7,9,14-16,18,23H,1-2,4-6,8,10-13H2,(H,35,42)(H,38,43)/t23-/m0/s1. The van der Waals surface area contributed by atoms with Crippen LogP contribution in [-0.4, -0.2) is 54.2 Å². The van der Waals surface area contributed by atoms with Gasteiger partial charge in [0.25, 0.3) is 5.91 Å². The highest BCUT2D eigenvalue weighted by Crippen LogP contribution is 2.44. The van der Waals surface area contributed by atoms with Crippen molar-refractivity contribution < 1.29 is 40.3 Å². The number of aryl methyl sites for hydroxylation is 1. The van der Waals surface area contributed by atoms with E-state index in [4.69, 9.17) is 0 Å². The minimum atomic E-state index is -4.39. The Labute approximate surface area is 241 Å². The molecule has 0 aromatic carbocycles. The SMILES string of the molecule is O=C(CC1CC(F)(F)C1)NCc1cnn2cc([C@@H](NC(=O)c3ccn(CCC(F)(F)F)n3)C3CCC(F)(F)CC3)nc2c1. The molecule has 2 fully saturated rings. The molecule has 5 rings (SSSR count). The van der Waals surface area contributed by atoms with E-state index in [0.717, 1.165) is 4.68 Å². The van der Waals surface area contributed by atoms with Crippen molar-refractivity contribution in [2.45, 2.75) is 88.5 Å². The van der Waals surface area contributed by atoms with Crippen molar-refractivity contribution in [3.63, 3.8) is 0 Å². The van der Waals surface area contributed by atoms with Gasteiger partial charge in [0, 0.05) is 51.4 Å². The third-order valence-corrected chi connectivity index (χ3v) is 7.87. The van der Waals surface area contributed by atoms with Crippen molar-refractivity contribution in [1.82, 2.24) is 35.0 Å². The lowest BCUT2D eigenvalue weighted by molar-refractivity contribution is -0.137. The molecular formula is C27H30F7N7O2. The summed E-state index contributed by atoms with van der Waals surface area (Å²) in [5.41, 5.74) is 1.16. The minimum Gasteiger partial charge on any atom is -0.352 e. The third-order valence-electron chi connectivity index (χ3n) is 7.87. The molecule has 0 spiro atoms. The first-order chi connectivity index (χ1) is 20.1. The van der Waals surface area contributed by atoms with Crippen LogP contribution in [0.4, 0.5) is 30.7 Å². The number of fused-ring (bicyclic) bond motifs is 1. The second-order valence-corrected chi connectivity index (χ2v) is 11.4. The van der Waals surface area contributed by atoms with Crippen molar-refractivity contribution in [2.75, 3.05) is 0 Å². The highest BCUT2D eigenvalue weighted by atomic mass is 19.4. The molecule has 3 aromatic rings. The molecule has 0 bridgehead atoms. The van der Waals surface area contributed by atoms with Gasteiger partial charge < -0.3 is 10.6 Å². The monoisotopic (exact) mass is 617 g/mol. The summed E-state index contributed by atoms with van der Waals surface area (Å²) in [6.07, 6.45) is -2.36. The Hall–Kier alpha value is -3.72. The molecule has 0 unspecified atom stereocenters. The maximum Gasteiger partial charge on any atom is 0.390 e. The fourth-order valence-electron chi connectivity index (χ4n) is 5.54. The van der Waals surface area contributed by atoms with Crippen LogP contribution in [-0.2, 0) is 17.9 Å². The zero-order chi connectivity index (χ0) is 31.0. The van der Waals surface area contributed by atoms with E-state index in [1.807, 2.05) is 0 Å². The molecule has 0 aliphatic heterocycles. The Balaban J connectivity index is 1.28. The van der Waals surface area contributed by atoms with Crippen molar-refractivity contribution in [3.8, 4) is 0 Å². The van der Waals surface area contributed by atoms with Gasteiger partial charge in [0.2, 0.25) is 17.8 Å². The van der Waals surface area contributed by atoms with Gasteiger partial charge in [-0.3, -0.25) is 14.3 Å². The van der Waals surface area contributed by atoms with Crippen LogP contribution < -0.4 is 10.6 Å². The van der Waals surface area contributed by atoms with Crippen LogP contribution in [0.15, 0.2) is 30.7 Å². The van der Waals surface area contributed by atoms with Gasteiger partial charge in [-0.05, 0) is 42.4 Å². The van der Waals surface area contributed by atoms with Crippen LogP contribution in [0.1, 0.15) is 79.2 Å². The first-order valence-corrected chi connectivity index (χ1v) is 13.9. The summed E-state index contributed by atoms with van der Waals surface area (Å²) in [4.78, 5) is 29.8. The molecule has 0 saturated heterocycles. The lowest BCUT2D eigenvalue weighted by Gasteiger charge is -2.34. The molecule has 2 N–H and O–H groups in total. The number of aromatic nitrogens is 5. The van der Waals surface area contributed by atoms with Gasteiger partial charge in [-0.2, -0.15) is 23.4 Å². The molecule has 16 heteroatoms.